The second kappa shape index (κ2) is 13.1. The molecule has 2 heteroatoms. The molecule has 0 aliphatic heterocycles. The highest BCUT2D eigenvalue weighted by Gasteiger charge is 2.49. The van der Waals surface area contributed by atoms with Crippen LogP contribution in [0.2, 0.25) is 0 Å². The van der Waals surface area contributed by atoms with Crippen LogP contribution in [0.4, 0.5) is 17.1 Å². The lowest BCUT2D eigenvalue weighted by atomic mass is 9.66. The largest absolute Gasteiger partial charge is 0.310 e. The summed E-state index contributed by atoms with van der Waals surface area (Å²) in [5, 5.41) is 4.05. The van der Waals surface area contributed by atoms with Crippen LogP contribution in [0.3, 0.4) is 0 Å². The van der Waals surface area contributed by atoms with Crippen LogP contribution in [0.1, 0.15) is 33.4 Å². The molecular weight excluding hydrogens is 658 g/mol. The quantitative estimate of drug-likeness (QED) is 0.157. The van der Waals surface area contributed by atoms with Crippen LogP contribution in [-0.2, 0) is 5.41 Å². The highest BCUT2D eigenvalue weighted by Crippen LogP contribution is 2.59. The normalized spacial score (nSPS) is 13.2. The zero-order chi connectivity index (χ0) is 35.2. The molecule has 1 nitrogen and oxygen atoms in total. The Bertz CT molecular complexity index is 2350. The standard InChI is InChI=1S/C51H36NP/c1-5-17-39(18-6-1)52(40-19-7-2-8-20-40)41-33-31-37-29-30-38-32-34-44(53(42-21-9-3-10-22-42)43-23-11-4-12-24-43)36-50(38)51(49(37)35-41)47-27-15-13-25-45(47)46-26-14-16-28-48(46)51/h1-36H. The lowest BCUT2D eigenvalue weighted by Crippen LogP contribution is -2.32. The minimum Gasteiger partial charge on any atom is -0.310 e. The Morgan fingerprint density at radius 2 is 0.755 bits per heavy atom. The molecule has 0 amide bonds. The minimum atomic E-state index is -0.812. The number of para-hydroxylation sites is 2. The first-order chi connectivity index (χ1) is 26.3. The summed E-state index contributed by atoms with van der Waals surface area (Å²) in [7, 11) is -0.812. The first kappa shape index (κ1) is 31.5. The fourth-order valence-corrected chi connectivity index (χ4v) is 11.0. The van der Waals surface area contributed by atoms with Crippen LogP contribution < -0.4 is 20.8 Å². The number of hydrogen-bond acceptors (Lipinski definition) is 1. The SMILES string of the molecule is C1=Cc2ccc(P(c3ccccc3)c3ccccc3)cc2C2(c3cc(N(c4ccccc4)c4ccccc4)ccc31)c1ccccc1-c1ccccc12. The van der Waals surface area contributed by atoms with Crippen molar-refractivity contribution < 1.29 is 0 Å². The molecule has 8 aromatic carbocycles. The van der Waals surface area contributed by atoms with E-state index in [4.69, 9.17) is 0 Å². The molecule has 0 unspecified atom stereocenters. The predicted octanol–water partition coefficient (Wildman–Crippen LogP) is 11.8. The molecule has 10 rings (SSSR count). The number of benzene rings is 8. The Kier molecular flexibility index (Phi) is 7.75. The van der Waals surface area contributed by atoms with Gasteiger partial charge in [0.05, 0.1) is 5.41 Å². The third-order valence-corrected chi connectivity index (χ3v) is 13.3. The molecule has 250 valence electrons. The van der Waals surface area contributed by atoms with E-state index in [-0.39, 0.29) is 0 Å². The van der Waals surface area contributed by atoms with E-state index in [0.717, 1.165) is 17.1 Å². The van der Waals surface area contributed by atoms with Crippen LogP contribution in [0, 0.1) is 0 Å². The van der Waals surface area contributed by atoms with Gasteiger partial charge in [0.25, 0.3) is 0 Å². The van der Waals surface area contributed by atoms with E-state index in [1.54, 1.807) is 0 Å². The predicted molar refractivity (Wildman–Crippen MR) is 226 cm³/mol. The number of anilines is 3. The van der Waals surface area contributed by atoms with Crippen molar-refractivity contribution in [2.45, 2.75) is 5.41 Å². The Balaban J connectivity index is 1.29. The number of rotatable bonds is 6. The number of nitrogens with zero attached hydrogens (tertiary/aromatic N) is 1. The van der Waals surface area contributed by atoms with Gasteiger partial charge in [0.1, 0.15) is 0 Å². The first-order valence-electron chi connectivity index (χ1n) is 18.3. The summed E-state index contributed by atoms with van der Waals surface area (Å²) >= 11 is 0. The van der Waals surface area contributed by atoms with Crippen LogP contribution in [0.15, 0.2) is 206 Å². The van der Waals surface area contributed by atoms with Gasteiger partial charge in [-0.3, -0.25) is 0 Å². The molecule has 2 aliphatic carbocycles. The van der Waals surface area contributed by atoms with Gasteiger partial charge in [0.2, 0.25) is 0 Å². The summed E-state index contributed by atoms with van der Waals surface area (Å²) in [5.41, 5.74) is 13.2. The molecule has 53 heavy (non-hydrogen) atoms. The van der Waals surface area contributed by atoms with Gasteiger partial charge in [-0.1, -0.05) is 176 Å². The Morgan fingerprint density at radius 1 is 0.321 bits per heavy atom. The second-order valence-corrected chi connectivity index (χ2v) is 16.0. The summed E-state index contributed by atoms with van der Waals surface area (Å²) < 4.78 is 0. The van der Waals surface area contributed by atoms with Crippen molar-refractivity contribution in [1.29, 1.82) is 0 Å². The molecular formula is C51H36NP. The molecule has 0 atom stereocenters. The van der Waals surface area contributed by atoms with Crippen LogP contribution in [-0.4, -0.2) is 0 Å². The monoisotopic (exact) mass is 693 g/mol. The molecule has 0 saturated heterocycles. The molecule has 0 radical (unpaired) electrons. The first-order valence-corrected chi connectivity index (χ1v) is 19.6. The fourth-order valence-electron chi connectivity index (χ4n) is 8.65. The number of fused-ring (bicyclic) bond motifs is 9. The van der Waals surface area contributed by atoms with E-state index in [2.05, 4.69) is 223 Å². The second-order valence-electron chi connectivity index (χ2n) is 13.7. The van der Waals surface area contributed by atoms with Gasteiger partial charge < -0.3 is 4.90 Å². The van der Waals surface area contributed by atoms with Gasteiger partial charge in [-0.25, -0.2) is 0 Å². The third-order valence-electron chi connectivity index (χ3n) is 10.9. The van der Waals surface area contributed by atoms with Gasteiger partial charge in [-0.2, -0.15) is 0 Å². The van der Waals surface area contributed by atoms with Gasteiger partial charge in [-0.05, 0) is 111 Å². The average molecular weight is 694 g/mol. The Hall–Kier alpha value is -6.27. The molecule has 0 N–H and O–H groups in total. The third kappa shape index (κ3) is 5.12. The maximum Gasteiger partial charge on any atom is 0.0726 e. The lowest BCUT2D eigenvalue weighted by Gasteiger charge is -2.37. The molecule has 0 heterocycles. The van der Waals surface area contributed by atoms with Crippen molar-refractivity contribution in [2.24, 2.45) is 0 Å². The van der Waals surface area contributed by atoms with Crippen molar-refractivity contribution in [3.63, 3.8) is 0 Å². The molecule has 0 aromatic heterocycles. The summed E-state index contributed by atoms with van der Waals surface area (Å²) in [4.78, 5) is 2.39. The van der Waals surface area contributed by atoms with E-state index < -0.39 is 13.3 Å². The summed E-state index contributed by atoms with van der Waals surface area (Å²) in [5.74, 6) is 0. The minimum absolute atomic E-state index is 0.555. The van der Waals surface area contributed by atoms with Crippen molar-refractivity contribution in [3.05, 3.63) is 240 Å². The molecule has 0 fully saturated rings. The maximum atomic E-state index is 2.55. The zero-order valence-electron chi connectivity index (χ0n) is 29.2. The van der Waals surface area contributed by atoms with Gasteiger partial charge >= 0.3 is 0 Å². The summed E-state index contributed by atoms with van der Waals surface area (Å²) in [6.07, 6.45) is 4.68. The van der Waals surface area contributed by atoms with E-state index in [0.29, 0.717) is 0 Å². The maximum absolute atomic E-state index is 2.55. The van der Waals surface area contributed by atoms with Gasteiger partial charge in [0, 0.05) is 17.1 Å². The molecule has 0 saturated carbocycles. The Labute approximate surface area is 312 Å². The molecule has 1 spiro atoms. The van der Waals surface area contributed by atoms with Crippen molar-refractivity contribution in [1.82, 2.24) is 0 Å². The molecule has 2 aliphatic rings. The molecule has 8 aromatic rings. The van der Waals surface area contributed by atoms with E-state index in [1.807, 2.05) is 0 Å². The molecule has 0 bridgehead atoms. The fraction of sp³-hybridized carbons (Fsp3) is 0.0196. The van der Waals surface area contributed by atoms with E-state index in [9.17, 15) is 0 Å². The van der Waals surface area contributed by atoms with E-state index in [1.165, 1.54) is 60.4 Å². The van der Waals surface area contributed by atoms with Gasteiger partial charge in [-0.15, -0.1) is 0 Å². The number of hydrogen-bond donors (Lipinski definition) is 0. The highest BCUT2D eigenvalue weighted by atomic mass is 31.1. The topological polar surface area (TPSA) is 3.24 Å². The van der Waals surface area contributed by atoms with Crippen molar-refractivity contribution in [3.8, 4) is 11.1 Å². The summed E-state index contributed by atoms with van der Waals surface area (Å²) in [6, 6.07) is 76.2. The van der Waals surface area contributed by atoms with Crippen molar-refractivity contribution in [2.75, 3.05) is 4.90 Å². The van der Waals surface area contributed by atoms with Crippen LogP contribution in [0.25, 0.3) is 23.3 Å². The van der Waals surface area contributed by atoms with Crippen LogP contribution >= 0.6 is 7.92 Å². The highest BCUT2D eigenvalue weighted by molar-refractivity contribution is 7.79. The average Bonchev–Trinajstić information content (AvgIpc) is 3.45. The Morgan fingerprint density at radius 3 is 1.28 bits per heavy atom. The smallest absolute Gasteiger partial charge is 0.0726 e. The zero-order valence-corrected chi connectivity index (χ0v) is 30.1. The van der Waals surface area contributed by atoms with Crippen molar-refractivity contribution >= 4 is 53.0 Å². The van der Waals surface area contributed by atoms with E-state index >= 15 is 0 Å². The summed E-state index contributed by atoms with van der Waals surface area (Å²) in [6.45, 7) is 0. The lowest BCUT2D eigenvalue weighted by molar-refractivity contribution is 0.767. The van der Waals surface area contributed by atoms with Gasteiger partial charge in [0.15, 0.2) is 0 Å². The van der Waals surface area contributed by atoms with Crippen LogP contribution in [0.5, 0.6) is 0 Å².